The fourth-order valence-corrected chi connectivity index (χ4v) is 6.51. The van der Waals surface area contributed by atoms with Gasteiger partial charge in [0.1, 0.15) is 0 Å². The van der Waals surface area contributed by atoms with Gasteiger partial charge in [-0.3, -0.25) is 9.59 Å². The van der Waals surface area contributed by atoms with Crippen LogP contribution < -0.4 is 10.6 Å². The lowest BCUT2D eigenvalue weighted by Crippen LogP contribution is -2.42. The number of amides is 2. The molecule has 0 aliphatic carbocycles. The van der Waals surface area contributed by atoms with Gasteiger partial charge >= 0.3 is 0 Å². The highest BCUT2D eigenvalue weighted by molar-refractivity contribution is 7.89. The molecule has 1 aliphatic rings. The van der Waals surface area contributed by atoms with E-state index >= 15 is 0 Å². The zero-order valence-electron chi connectivity index (χ0n) is 19.0. The standard InChI is InChI=1S/C25H27N3O4S2/c1-17-13-18(2)16-28(15-17)34(31,32)22-10-8-19(9-11-22)24(29)26-20-5-3-6-21(14-20)27-25(30)23-7-4-12-33-23/h3-12,14,17-18H,13,15-16H2,1-2H3,(H,26,29)(H,27,30). The number of rotatable bonds is 6. The van der Waals surface area contributed by atoms with Crippen LogP contribution in [0.4, 0.5) is 11.4 Å². The average Bonchev–Trinajstić information content (AvgIpc) is 3.34. The highest BCUT2D eigenvalue weighted by Crippen LogP contribution is 2.27. The first kappa shape index (κ1) is 24.1. The molecule has 2 unspecified atom stereocenters. The van der Waals surface area contributed by atoms with Crippen LogP contribution in [0, 0.1) is 11.8 Å². The summed E-state index contributed by atoms with van der Waals surface area (Å²) < 4.78 is 27.6. The number of benzene rings is 2. The highest BCUT2D eigenvalue weighted by atomic mass is 32.2. The first-order valence-electron chi connectivity index (χ1n) is 11.1. The van der Waals surface area contributed by atoms with Gasteiger partial charge in [-0.1, -0.05) is 26.0 Å². The van der Waals surface area contributed by atoms with Gasteiger partial charge in [0, 0.05) is 30.0 Å². The second-order valence-corrected chi connectivity index (χ2v) is 11.6. The van der Waals surface area contributed by atoms with Crippen molar-refractivity contribution in [2.75, 3.05) is 23.7 Å². The first-order chi connectivity index (χ1) is 16.2. The van der Waals surface area contributed by atoms with Crippen LogP contribution in [-0.2, 0) is 10.0 Å². The third kappa shape index (κ3) is 5.55. The summed E-state index contributed by atoms with van der Waals surface area (Å²) in [5.74, 6) is 0.0440. The van der Waals surface area contributed by atoms with Crippen LogP contribution in [-0.4, -0.2) is 37.6 Å². The summed E-state index contributed by atoms with van der Waals surface area (Å²) in [5.41, 5.74) is 1.41. The molecular weight excluding hydrogens is 470 g/mol. The number of carbonyl (C=O) groups excluding carboxylic acids is 2. The summed E-state index contributed by atoms with van der Waals surface area (Å²) >= 11 is 1.35. The quantitative estimate of drug-likeness (QED) is 0.505. The van der Waals surface area contributed by atoms with Crippen LogP contribution in [0.5, 0.6) is 0 Å². The maximum Gasteiger partial charge on any atom is 0.265 e. The van der Waals surface area contributed by atoms with Crippen molar-refractivity contribution in [1.29, 1.82) is 0 Å². The molecule has 0 radical (unpaired) electrons. The van der Waals surface area contributed by atoms with Gasteiger partial charge in [-0.2, -0.15) is 4.31 Å². The lowest BCUT2D eigenvalue weighted by Gasteiger charge is -2.34. The van der Waals surface area contributed by atoms with Crippen LogP contribution in [0.1, 0.15) is 40.3 Å². The SMILES string of the molecule is CC1CC(C)CN(S(=O)(=O)c2ccc(C(=O)Nc3cccc(NC(=O)c4cccs4)c3)cc2)C1. The molecular formula is C25H27N3O4S2. The minimum atomic E-state index is -3.60. The monoisotopic (exact) mass is 497 g/mol. The van der Waals surface area contributed by atoms with E-state index in [1.165, 1.54) is 39.9 Å². The second-order valence-electron chi connectivity index (χ2n) is 8.76. The number of hydrogen-bond acceptors (Lipinski definition) is 5. The van der Waals surface area contributed by atoms with E-state index in [4.69, 9.17) is 0 Å². The van der Waals surface area contributed by atoms with Crippen molar-refractivity contribution in [1.82, 2.24) is 4.31 Å². The minimum absolute atomic E-state index is 0.184. The number of thiophene rings is 1. The van der Waals surface area contributed by atoms with Crippen molar-refractivity contribution < 1.29 is 18.0 Å². The number of sulfonamides is 1. The van der Waals surface area contributed by atoms with Crippen LogP contribution in [0.2, 0.25) is 0 Å². The number of piperidine rings is 1. The van der Waals surface area contributed by atoms with Gasteiger partial charge in [0.2, 0.25) is 10.0 Å². The molecule has 34 heavy (non-hydrogen) atoms. The Labute approximate surface area is 203 Å². The van der Waals surface area contributed by atoms with Gasteiger partial charge in [-0.15, -0.1) is 11.3 Å². The van der Waals surface area contributed by atoms with E-state index in [1.54, 1.807) is 36.4 Å². The maximum atomic E-state index is 13.1. The van der Waals surface area contributed by atoms with Crippen molar-refractivity contribution in [2.45, 2.75) is 25.2 Å². The van der Waals surface area contributed by atoms with Crippen molar-refractivity contribution in [3.8, 4) is 0 Å². The summed E-state index contributed by atoms with van der Waals surface area (Å²) in [7, 11) is -3.60. The molecule has 2 amide bonds. The number of anilines is 2. The molecule has 1 aromatic heterocycles. The Morgan fingerprint density at radius 2 is 1.50 bits per heavy atom. The summed E-state index contributed by atoms with van der Waals surface area (Å²) in [6.07, 6.45) is 1.02. The lowest BCUT2D eigenvalue weighted by atomic mass is 9.94. The van der Waals surface area contributed by atoms with E-state index in [2.05, 4.69) is 24.5 Å². The third-order valence-electron chi connectivity index (χ3n) is 5.71. The highest BCUT2D eigenvalue weighted by Gasteiger charge is 2.31. The number of nitrogens with one attached hydrogen (secondary N) is 2. The van der Waals surface area contributed by atoms with Crippen LogP contribution in [0.15, 0.2) is 70.9 Å². The Hall–Kier alpha value is -3.01. The number of nitrogens with zero attached hydrogens (tertiary/aromatic N) is 1. The molecule has 0 bridgehead atoms. The molecule has 2 heterocycles. The molecule has 2 aromatic carbocycles. The van der Waals surface area contributed by atoms with Gasteiger partial charge in [-0.05, 0) is 72.2 Å². The summed E-state index contributed by atoms with van der Waals surface area (Å²) in [5, 5.41) is 7.43. The first-order valence-corrected chi connectivity index (χ1v) is 13.4. The molecule has 9 heteroatoms. The molecule has 4 rings (SSSR count). The zero-order chi connectivity index (χ0) is 24.3. The van der Waals surface area contributed by atoms with Gasteiger partial charge < -0.3 is 10.6 Å². The van der Waals surface area contributed by atoms with Crippen molar-refractivity contribution in [2.24, 2.45) is 11.8 Å². The molecule has 178 valence electrons. The Morgan fingerprint density at radius 3 is 2.09 bits per heavy atom. The second kappa shape index (κ2) is 10.1. The van der Waals surface area contributed by atoms with Crippen molar-refractivity contribution >= 4 is 44.5 Å². The predicted molar refractivity (Wildman–Crippen MR) is 135 cm³/mol. The van der Waals surface area contributed by atoms with Gasteiger partial charge in [-0.25, -0.2) is 8.42 Å². The Morgan fingerprint density at radius 1 is 0.882 bits per heavy atom. The normalized spacial score (nSPS) is 18.9. The molecule has 3 aromatic rings. The largest absolute Gasteiger partial charge is 0.322 e. The van der Waals surface area contributed by atoms with Gasteiger partial charge in [0.15, 0.2) is 0 Å². The van der Waals surface area contributed by atoms with Crippen LogP contribution in [0.25, 0.3) is 0 Å². The zero-order valence-corrected chi connectivity index (χ0v) is 20.7. The predicted octanol–water partition coefficient (Wildman–Crippen LogP) is 4.92. The average molecular weight is 498 g/mol. The third-order valence-corrected chi connectivity index (χ3v) is 8.43. The molecule has 1 aliphatic heterocycles. The van der Waals surface area contributed by atoms with Crippen LogP contribution in [0.3, 0.4) is 0 Å². The fraction of sp³-hybridized carbons (Fsp3) is 0.280. The van der Waals surface area contributed by atoms with E-state index < -0.39 is 10.0 Å². The molecule has 7 nitrogen and oxygen atoms in total. The van der Waals surface area contributed by atoms with Crippen LogP contribution >= 0.6 is 11.3 Å². The lowest BCUT2D eigenvalue weighted by molar-refractivity contribution is 0.102. The molecule has 1 fully saturated rings. The maximum absolute atomic E-state index is 13.1. The summed E-state index contributed by atoms with van der Waals surface area (Å²) in [4.78, 5) is 25.8. The summed E-state index contributed by atoms with van der Waals surface area (Å²) in [6, 6.07) is 16.4. The fourth-order valence-electron chi connectivity index (χ4n) is 4.21. The molecule has 2 N–H and O–H groups in total. The Bertz CT molecular complexity index is 1260. The molecule has 0 spiro atoms. The van der Waals surface area contributed by atoms with Gasteiger partial charge in [0.05, 0.1) is 9.77 Å². The Balaban J connectivity index is 1.43. The smallest absolute Gasteiger partial charge is 0.265 e. The number of hydrogen-bond donors (Lipinski definition) is 2. The van der Waals surface area contributed by atoms with E-state index in [0.717, 1.165) is 6.42 Å². The van der Waals surface area contributed by atoms with Gasteiger partial charge in [0.25, 0.3) is 11.8 Å². The molecule has 1 saturated heterocycles. The van der Waals surface area contributed by atoms with Crippen molar-refractivity contribution in [3.05, 3.63) is 76.5 Å². The molecule has 2 atom stereocenters. The van der Waals surface area contributed by atoms with E-state index in [1.807, 2.05) is 5.38 Å². The van der Waals surface area contributed by atoms with E-state index in [9.17, 15) is 18.0 Å². The van der Waals surface area contributed by atoms with Crippen molar-refractivity contribution in [3.63, 3.8) is 0 Å². The topological polar surface area (TPSA) is 95.6 Å². The minimum Gasteiger partial charge on any atom is -0.322 e. The van der Waals surface area contributed by atoms with E-state index in [0.29, 0.717) is 46.7 Å². The number of carbonyl (C=O) groups is 2. The van der Waals surface area contributed by atoms with E-state index in [-0.39, 0.29) is 16.7 Å². The molecule has 0 saturated carbocycles. The Kier molecular flexibility index (Phi) is 7.16. The summed E-state index contributed by atoms with van der Waals surface area (Å²) in [6.45, 7) is 5.14.